The van der Waals surface area contributed by atoms with Crippen molar-refractivity contribution in [2.24, 2.45) is 7.05 Å². The normalized spacial score (nSPS) is 11.0. The summed E-state index contributed by atoms with van der Waals surface area (Å²) in [5, 5.41) is 11.7. The van der Waals surface area contributed by atoms with Crippen LogP contribution >= 0.6 is 11.6 Å². The second kappa shape index (κ2) is 5.29. The molecule has 0 radical (unpaired) electrons. The third-order valence-electron chi connectivity index (χ3n) is 2.49. The molecular weight excluding hydrogens is 242 g/mol. The zero-order chi connectivity index (χ0) is 12.3. The number of nitrogens with one attached hydrogen (secondary N) is 1. The molecule has 2 aromatic rings. The Labute approximate surface area is 104 Å². The average Bonchev–Trinajstić information content (AvgIpc) is 2.87. The second-order valence-electron chi connectivity index (χ2n) is 3.74. The van der Waals surface area contributed by atoms with E-state index < -0.39 is 0 Å². The summed E-state index contributed by atoms with van der Waals surface area (Å²) in [6.45, 7) is 3.39. The molecule has 0 aliphatic rings. The fraction of sp³-hybridized carbons (Fsp3) is 0.500. The van der Waals surface area contributed by atoms with E-state index in [-0.39, 0.29) is 0 Å². The molecule has 0 unspecified atom stereocenters. The molecule has 1 N–H and O–H groups in total. The summed E-state index contributed by atoms with van der Waals surface area (Å²) in [6.07, 6.45) is 2.11. The van der Waals surface area contributed by atoms with E-state index in [0.29, 0.717) is 24.0 Å². The largest absolute Gasteiger partial charge is 0.340 e. The highest BCUT2D eigenvalue weighted by Crippen LogP contribution is 2.17. The minimum atomic E-state index is 0.631. The first kappa shape index (κ1) is 12.1. The SMILES string of the molecule is Cc1nn(C)c(Cl)c1CNCCc1ncno1. The van der Waals surface area contributed by atoms with Gasteiger partial charge >= 0.3 is 0 Å². The van der Waals surface area contributed by atoms with Crippen molar-refractivity contribution in [3.8, 4) is 0 Å². The van der Waals surface area contributed by atoms with Gasteiger partial charge in [0.05, 0.1) is 5.69 Å². The standard InChI is InChI=1S/C10H14ClN5O/c1-7-8(10(11)16(2)15-7)5-12-4-3-9-13-6-14-17-9/h6,12H,3-5H2,1-2H3. The van der Waals surface area contributed by atoms with Gasteiger partial charge in [0.1, 0.15) is 5.15 Å². The molecular formula is C10H14ClN5O. The molecule has 92 valence electrons. The van der Waals surface area contributed by atoms with Crippen molar-refractivity contribution in [2.45, 2.75) is 19.9 Å². The van der Waals surface area contributed by atoms with E-state index in [1.807, 2.05) is 14.0 Å². The summed E-state index contributed by atoms with van der Waals surface area (Å²) in [5.74, 6) is 0.631. The summed E-state index contributed by atoms with van der Waals surface area (Å²) in [6, 6.07) is 0. The highest BCUT2D eigenvalue weighted by molar-refractivity contribution is 6.30. The van der Waals surface area contributed by atoms with Gasteiger partial charge in [0, 0.05) is 32.1 Å². The van der Waals surface area contributed by atoms with Crippen molar-refractivity contribution in [3.05, 3.63) is 28.6 Å². The van der Waals surface area contributed by atoms with E-state index in [4.69, 9.17) is 16.1 Å². The lowest BCUT2D eigenvalue weighted by Crippen LogP contribution is -2.17. The second-order valence-corrected chi connectivity index (χ2v) is 4.10. The van der Waals surface area contributed by atoms with Crippen molar-refractivity contribution >= 4 is 11.6 Å². The van der Waals surface area contributed by atoms with Gasteiger partial charge in [0.2, 0.25) is 5.89 Å². The lowest BCUT2D eigenvalue weighted by Gasteiger charge is -2.02. The van der Waals surface area contributed by atoms with Crippen molar-refractivity contribution in [1.29, 1.82) is 0 Å². The van der Waals surface area contributed by atoms with E-state index in [0.717, 1.165) is 17.8 Å². The lowest BCUT2D eigenvalue weighted by molar-refractivity contribution is 0.375. The number of hydrogen-bond donors (Lipinski definition) is 1. The van der Waals surface area contributed by atoms with Gasteiger partial charge < -0.3 is 9.84 Å². The van der Waals surface area contributed by atoms with E-state index >= 15 is 0 Å². The minimum Gasteiger partial charge on any atom is -0.340 e. The molecule has 6 nitrogen and oxygen atoms in total. The Kier molecular flexibility index (Phi) is 3.75. The van der Waals surface area contributed by atoms with Gasteiger partial charge in [-0.25, -0.2) is 0 Å². The van der Waals surface area contributed by atoms with E-state index in [1.54, 1.807) is 4.68 Å². The molecule has 0 aliphatic heterocycles. The van der Waals surface area contributed by atoms with Gasteiger partial charge in [0.25, 0.3) is 0 Å². The van der Waals surface area contributed by atoms with Crippen molar-refractivity contribution in [2.75, 3.05) is 6.54 Å². The van der Waals surface area contributed by atoms with Gasteiger partial charge in [-0.3, -0.25) is 4.68 Å². The van der Waals surface area contributed by atoms with Crippen LogP contribution in [0.2, 0.25) is 5.15 Å². The Hall–Kier alpha value is -1.40. The molecule has 0 saturated carbocycles. The molecule has 0 aliphatic carbocycles. The maximum Gasteiger partial charge on any atom is 0.227 e. The topological polar surface area (TPSA) is 68.8 Å². The molecule has 2 aromatic heterocycles. The third-order valence-corrected chi connectivity index (χ3v) is 2.97. The molecule has 0 aromatic carbocycles. The molecule has 2 heterocycles. The highest BCUT2D eigenvalue weighted by Gasteiger charge is 2.10. The Morgan fingerprint density at radius 3 is 2.94 bits per heavy atom. The monoisotopic (exact) mass is 255 g/mol. The van der Waals surface area contributed by atoms with Crippen LogP contribution in [0.5, 0.6) is 0 Å². The van der Waals surface area contributed by atoms with Crippen LogP contribution in [-0.4, -0.2) is 26.5 Å². The predicted octanol–water partition coefficient (Wildman–Crippen LogP) is 1.10. The van der Waals surface area contributed by atoms with Crippen LogP contribution in [0.15, 0.2) is 10.9 Å². The van der Waals surface area contributed by atoms with Gasteiger partial charge in [-0.1, -0.05) is 16.8 Å². The first-order chi connectivity index (χ1) is 8.18. The number of aromatic nitrogens is 4. The molecule has 0 spiro atoms. The smallest absolute Gasteiger partial charge is 0.227 e. The Morgan fingerprint density at radius 1 is 1.53 bits per heavy atom. The lowest BCUT2D eigenvalue weighted by atomic mass is 10.2. The van der Waals surface area contributed by atoms with Crippen LogP contribution in [0, 0.1) is 6.92 Å². The predicted molar refractivity (Wildman–Crippen MR) is 62.7 cm³/mol. The van der Waals surface area contributed by atoms with Gasteiger partial charge in [-0.2, -0.15) is 10.1 Å². The van der Waals surface area contributed by atoms with Crippen LogP contribution in [0.25, 0.3) is 0 Å². The fourth-order valence-corrected chi connectivity index (χ4v) is 1.83. The quantitative estimate of drug-likeness (QED) is 0.811. The van der Waals surface area contributed by atoms with E-state index in [1.165, 1.54) is 6.33 Å². The van der Waals surface area contributed by atoms with Crippen molar-refractivity contribution < 1.29 is 4.52 Å². The maximum absolute atomic E-state index is 6.11. The summed E-state index contributed by atoms with van der Waals surface area (Å²) < 4.78 is 6.57. The van der Waals surface area contributed by atoms with Gasteiger partial charge in [0.15, 0.2) is 6.33 Å². The van der Waals surface area contributed by atoms with Crippen LogP contribution < -0.4 is 5.32 Å². The van der Waals surface area contributed by atoms with Crippen LogP contribution in [0.1, 0.15) is 17.1 Å². The number of aryl methyl sites for hydroxylation is 2. The fourth-order valence-electron chi connectivity index (χ4n) is 1.59. The molecule has 0 fully saturated rings. The Morgan fingerprint density at radius 2 is 2.35 bits per heavy atom. The number of halogens is 1. The van der Waals surface area contributed by atoms with Crippen molar-refractivity contribution in [3.63, 3.8) is 0 Å². The maximum atomic E-state index is 6.11. The Bertz CT molecular complexity index is 479. The van der Waals surface area contributed by atoms with Gasteiger partial charge in [-0.05, 0) is 6.92 Å². The third kappa shape index (κ3) is 2.83. The average molecular weight is 256 g/mol. The zero-order valence-electron chi connectivity index (χ0n) is 9.77. The highest BCUT2D eigenvalue weighted by atomic mass is 35.5. The molecule has 0 amide bonds. The van der Waals surface area contributed by atoms with E-state index in [2.05, 4.69) is 20.6 Å². The first-order valence-electron chi connectivity index (χ1n) is 5.32. The molecule has 17 heavy (non-hydrogen) atoms. The molecule has 2 rings (SSSR count). The summed E-state index contributed by atoms with van der Waals surface area (Å²) >= 11 is 6.11. The molecule has 0 bridgehead atoms. The van der Waals surface area contributed by atoms with Crippen molar-refractivity contribution in [1.82, 2.24) is 25.2 Å². The molecule has 0 atom stereocenters. The zero-order valence-corrected chi connectivity index (χ0v) is 10.5. The van der Waals surface area contributed by atoms with E-state index in [9.17, 15) is 0 Å². The van der Waals surface area contributed by atoms with Gasteiger partial charge in [-0.15, -0.1) is 0 Å². The number of nitrogens with zero attached hydrogens (tertiary/aromatic N) is 4. The van der Waals surface area contributed by atoms with Crippen LogP contribution in [-0.2, 0) is 20.0 Å². The van der Waals surface area contributed by atoms with Crippen LogP contribution in [0.3, 0.4) is 0 Å². The molecule has 0 saturated heterocycles. The minimum absolute atomic E-state index is 0.631. The first-order valence-corrected chi connectivity index (χ1v) is 5.70. The summed E-state index contributed by atoms with van der Waals surface area (Å²) in [4.78, 5) is 3.94. The summed E-state index contributed by atoms with van der Waals surface area (Å²) in [7, 11) is 1.83. The number of hydrogen-bond acceptors (Lipinski definition) is 5. The van der Waals surface area contributed by atoms with Crippen LogP contribution in [0.4, 0.5) is 0 Å². The molecule has 7 heteroatoms. The number of rotatable bonds is 5. The Balaban J connectivity index is 1.82. The summed E-state index contributed by atoms with van der Waals surface area (Å²) in [5.41, 5.74) is 1.97.